The zero-order valence-electron chi connectivity index (χ0n) is 13.2. The number of rotatable bonds is 7. The van der Waals surface area contributed by atoms with Gasteiger partial charge in [0.2, 0.25) is 11.8 Å². The predicted molar refractivity (Wildman–Crippen MR) is 87.4 cm³/mol. The molecule has 3 N–H and O–H groups in total. The quantitative estimate of drug-likeness (QED) is 0.702. The summed E-state index contributed by atoms with van der Waals surface area (Å²) in [6.45, 7) is 3.95. The van der Waals surface area contributed by atoms with Crippen molar-refractivity contribution in [3.8, 4) is 5.88 Å². The van der Waals surface area contributed by atoms with Gasteiger partial charge in [0, 0.05) is 6.20 Å². The molecule has 0 fully saturated rings. The molecule has 0 spiro atoms. The molecule has 0 aromatic carbocycles. The lowest BCUT2D eigenvalue weighted by molar-refractivity contribution is -0.137. The predicted octanol–water partition coefficient (Wildman–Crippen LogP) is 3.04. The lowest BCUT2D eigenvalue weighted by Gasteiger charge is -2.17. The molecule has 1 aromatic rings. The van der Waals surface area contributed by atoms with Gasteiger partial charge in [0.1, 0.15) is 11.6 Å². The van der Waals surface area contributed by atoms with Crippen molar-refractivity contribution < 1.29 is 22.7 Å². The minimum absolute atomic E-state index is 0. The Morgan fingerprint density at radius 2 is 2.12 bits per heavy atom. The Bertz CT molecular complexity index is 544. The molecule has 1 rings (SSSR count). The molecule has 0 saturated heterocycles. The van der Waals surface area contributed by atoms with Gasteiger partial charge in [-0.3, -0.25) is 4.79 Å². The average Bonchev–Trinajstić information content (AvgIpc) is 2.49. The molecule has 1 aromatic heterocycles. The summed E-state index contributed by atoms with van der Waals surface area (Å²) in [5.41, 5.74) is 4.80. The summed E-state index contributed by atoms with van der Waals surface area (Å²) < 4.78 is 42.6. The zero-order chi connectivity index (χ0) is 17.6. The highest BCUT2D eigenvalue weighted by molar-refractivity contribution is 6.31. The molecule has 5 nitrogen and oxygen atoms in total. The molecule has 0 radical (unpaired) electrons. The largest absolute Gasteiger partial charge is 0.475 e. The molecule has 0 aliphatic carbocycles. The fourth-order valence-electron chi connectivity index (χ4n) is 1.64. The third-order valence-electron chi connectivity index (χ3n) is 3.33. The van der Waals surface area contributed by atoms with Crippen LogP contribution in [0.4, 0.5) is 13.2 Å². The molecule has 2 atom stereocenters. The molecule has 2 unspecified atom stereocenters. The van der Waals surface area contributed by atoms with Crippen LogP contribution in [0.2, 0.25) is 5.02 Å². The minimum atomic E-state index is -4.52. The summed E-state index contributed by atoms with van der Waals surface area (Å²) in [5, 5.41) is 2.34. The van der Waals surface area contributed by atoms with Gasteiger partial charge in [0.15, 0.2) is 0 Å². The fourth-order valence-corrected chi connectivity index (χ4v) is 1.86. The number of ether oxygens (including phenoxy) is 1. The highest BCUT2D eigenvalue weighted by Crippen LogP contribution is 2.32. The molecule has 0 bridgehead atoms. The van der Waals surface area contributed by atoms with E-state index in [9.17, 15) is 18.0 Å². The van der Waals surface area contributed by atoms with Crippen molar-refractivity contribution in [1.29, 1.82) is 0 Å². The van der Waals surface area contributed by atoms with E-state index in [0.29, 0.717) is 6.20 Å². The number of halogens is 5. The number of carbonyl (C=O) groups is 1. The standard InChI is InChI=1S/C14H19ClF3N3O2.ClH/c1-3-8(2)11(19)12(22)20-4-5-23-13-10(15)6-9(7-21-13)14(16,17)18;/h6-8,11H,3-5,19H2,1-2H3,(H,20,22);1H. The van der Waals surface area contributed by atoms with E-state index in [0.717, 1.165) is 12.5 Å². The molecule has 1 heterocycles. The molecule has 0 aliphatic rings. The van der Waals surface area contributed by atoms with Crippen LogP contribution in [0.15, 0.2) is 12.3 Å². The Balaban J connectivity index is 0.00000529. The molecule has 138 valence electrons. The van der Waals surface area contributed by atoms with Crippen LogP contribution in [0.5, 0.6) is 5.88 Å². The normalized spacial score (nSPS) is 13.6. The van der Waals surface area contributed by atoms with Gasteiger partial charge in [-0.2, -0.15) is 13.2 Å². The first-order valence-corrected chi connectivity index (χ1v) is 7.43. The Labute approximate surface area is 149 Å². The van der Waals surface area contributed by atoms with E-state index in [1.54, 1.807) is 0 Å². The molecular weight excluding hydrogens is 370 g/mol. The monoisotopic (exact) mass is 389 g/mol. The van der Waals surface area contributed by atoms with Crippen molar-refractivity contribution in [2.75, 3.05) is 13.2 Å². The number of hydrogen-bond donors (Lipinski definition) is 2. The zero-order valence-corrected chi connectivity index (χ0v) is 14.8. The van der Waals surface area contributed by atoms with Gasteiger partial charge in [0.05, 0.1) is 18.2 Å². The maximum atomic E-state index is 12.5. The van der Waals surface area contributed by atoms with Crippen LogP contribution in [0, 0.1) is 5.92 Å². The third kappa shape index (κ3) is 6.70. The van der Waals surface area contributed by atoms with E-state index in [2.05, 4.69) is 10.3 Å². The van der Waals surface area contributed by atoms with Crippen LogP contribution < -0.4 is 15.8 Å². The second-order valence-electron chi connectivity index (χ2n) is 5.06. The third-order valence-corrected chi connectivity index (χ3v) is 3.61. The summed E-state index contributed by atoms with van der Waals surface area (Å²) in [6, 6.07) is 0.120. The topological polar surface area (TPSA) is 77.2 Å². The van der Waals surface area contributed by atoms with Gasteiger partial charge in [-0.25, -0.2) is 4.98 Å². The summed E-state index contributed by atoms with van der Waals surface area (Å²) in [7, 11) is 0. The van der Waals surface area contributed by atoms with Crippen LogP contribution in [-0.2, 0) is 11.0 Å². The second-order valence-corrected chi connectivity index (χ2v) is 5.47. The van der Waals surface area contributed by atoms with Crippen molar-refractivity contribution in [3.05, 3.63) is 22.8 Å². The highest BCUT2D eigenvalue weighted by atomic mass is 35.5. The van der Waals surface area contributed by atoms with E-state index in [-0.39, 0.29) is 48.3 Å². The van der Waals surface area contributed by atoms with Gasteiger partial charge >= 0.3 is 6.18 Å². The highest BCUT2D eigenvalue weighted by Gasteiger charge is 2.31. The van der Waals surface area contributed by atoms with Gasteiger partial charge in [-0.15, -0.1) is 12.4 Å². The molecule has 10 heteroatoms. The van der Waals surface area contributed by atoms with Gasteiger partial charge in [0.25, 0.3) is 0 Å². The number of nitrogens with two attached hydrogens (primary N) is 1. The Hall–Kier alpha value is -1.25. The minimum Gasteiger partial charge on any atom is -0.475 e. The Morgan fingerprint density at radius 1 is 1.50 bits per heavy atom. The van der Waals surface area contributed by atoms with Crippen molar-refractivity contribution in [3.63, 3.8) is 0 Å². The maximum absolute atomic E-state index is 12.5. The van der Waals surface area contributed by atoms with E-state index in [4.69, 9.17) is 22.1 Å². The van der Waals surface area contributed by atoms with Gasteiger partial charge < -0.3 is 15.8 Å². The summed E-state index contributed by atoms with van der Waals surface area (Å²) >= 11 is 5.69. The molecule has 0 aliphatic heterocycles. The van der Waals surface area contributed by atoms with E-state index in [1.807, 2.05) is 13.8 Å². The van der Waals surface area contributed by atoms with Crippen molar-refractivity contribution in [2.45, 2.75) is 32.5 Å². The number of pyridine rings is 1. The van der Waals surface area contributed by atoms with Crippen molar-refractivity contribution in [1.82, 2.24) is 10.3 Å². The fraction of sp³-hybridized carbons (Fsp3) is 0.571. The van der Waals surface area contributed by atoms with Crippen molar-refractivity contribution >= 4 is 29.9 Å². The molecule has 0 saturated carbocycles. The number of carbonyl (C=O) groups excluding carboxylic acids is 1. The summed E-state index contributed by atoms with van der Waals surface area (Å²) in [4.78, 5) is 15.2. The second kappa shape index (κ2) is 9.90. The van der Waals surface area contributed by atoms with Crippen LogP contribution in [-0.4, -0.2) is 30.1 Å². The number of hydrogen-bond acceptors (Lipinski definition) is 4. The van der Waals surface area contributed by atoms with E-state index < -0.39 is 17.8 Å². The van der Waals surface area contributed by atoms with E-state index in [1.165, 1.54) is 0 Å². The number of aromatic nitrogens is 1. The van der Waals surface area contributed by atoms with Gasteiger partial charge in [-0.05, 0) is 12.0 Å². The molecule has 1 amide bonds. The average molecular weight is 390 g/mol. The van der Waals surface area contributed by atoms with Crippen LogP contribution >= 0.6 is 24.0 Å². The maximum Gasteiger partial charge on any atom is 0.417 e. The first-order chi connectivity index (χ1) is 10.7. The lowest BCUT2D eigenvalue weighted by Crippen LogP contribution is -2.45. The van der Waals surface area contributed by atoms with E-state index >= 15 is 0 Å². The van der Waals surface area contributed by atoms with Crippen LogP contribution in [0.1, 0.15) is 25.8 Å². The number of nitrogens with zero attached hydrogens (tertiary/aromatic N) is 1. The first kappa shape index (κ1) is 22.8. The molecular formula is C14H20Cl2F3N3O2. The Kier molecular flexibility index (Phi) is 9.39. The SMILES string of the molecule is CCC(C)C(N)C(=O)NCCOc1ncc(C(F)(F)F)cc1Cl.Cl. The van der Waals surface area contributed by atoms with Crippen LogP contribution in [0.25, 0.3) is 0 Å². The molecule has 24 heavy (non-hydrogen) atoms. The number of nitrogens with one attached hydrogen (secondary N) is 1. The van der Waals surface area contributed by atoms with Crippen molar-refractivity contribution in [2.24, 2.45) is 11.7 Å². The number of alkyl halides is 3. The summed E-state index contributed by atoms with van der Waals surface area (Å²) in [6.07, 6.45) is -3.11. The smallest absolute Gasteiger partial charge is 0.417 e. The first-order valence-electron chi connectivity index (χ1n) is 7.05. The summed E-state index contributed by atoms with van der Waals surface area (Å²) in [5.74, 6) is -0.392. The van der Waals surface area contributed by atoms with Crippen LogP contribution in [0.3, 0.4) is 0 Å². The lowest BCUT2D eigenvalue weighted by atomic mass is 9.99. The number of amides is 1. The Morgan fingerprint density at radius 3 is 2.62 bits per heavy atom. The van der Waals surface area contributed by atoms with Gasteiger partial charge in [-0.1, -0.05) is 31.9 Å².